The fourth-order valence-corrected chi connectivity index (χ4v) is 4.30. The van der Waals surface area contributed by atoms with Gasteiger partial charge < -0.3 is 14.9 Å². The Morgan fingerprint density at radius 3 is 2.50 bits per heavy atom. The van der Waals surface area contributed by atoms with Crippen molar-refractivity contribution < 1.29 is 19.6 Å². The predicted molar refractivity (Wildman–Crippen MR) is 116 cm³/mol. The van der Waals surface area contributed by atoms with Gasteiger partial charge in [-0.05, 0) is 49.2 Å². The molecule has 7 heteroatoms. The van der Waals surface area contributed by atoms with Gasteiger partial charge in [-0.2, -0.15) is 0 Å². The second kappa shape index (κ2) is 10.00. The van der Waals surface area contributed by atoms with Crippen LogP contribution in [0.1, 0.15) is 37.4 Å². The van der Waals surface area contributed by atoms with Crippen LogP contribution < -0.4 is 10.0 Å². The fourth-order valence-electron chi connectivity index (χ4n) is 3.89. The zero-order valence-corrected chi connectivity index (χ0v) is 18.8. The molecule has 30 heavy (non-hydrogen) atoms. The first-order valence-electron chi connectivity index (χ1n) is 10.2. The minimum atomic E-state index is -0.711. The van der Waals surface area contributed by atoms with Crippen molar-refractivity contribution in [2.75, 3.05) is 26.2 Å². The van der Waals surface area contributed by atoms with Gasteiger partial charge in [0.15, 0.2) is 0 Å². The van der Waals surface area contributed by atoms with E-state index in [0.717, 1.165) is 36.1 Å². The van der Waals surface area contributed by atoms with Crippen LogP contribution in [0.25, 0.3) is 5.76 Å². The number of hydrogen-bond donors (Lipinski definition) is 1. The minimum absolute atomic E-state index is 0.0134. The van der Waals surface area contributed by atoms with Gasteiger partial charge in [-0.3, -0.25) is 14.6 Å². The normalized spacial score (nSPS) is 18.4. The van der Waals surface area contributed by atoms with Crippen molar-refractivity contribution in [2.24, 2.45) is 0 Å². The molecule has 2 heterocycles. The SMILES string of the molecule is CC[NH+](CC)CCCN1C(=O)C(=O)C(=C([O-])c2ccncc2)C1c1cccc(Br)c1. The lowest BCUT2D eigenvalue weighted by Gasteiger charge is -2.28. The van der Waals surface area contributed by atoms with Crippen LogP contribution in [0.5, 0.6) is 0 Å². The number of carbonyl (C=O) groups is 2. The molecule has 3 rings (SSSR count). The van der Waals surface area contributed by atoms with Gasteiger partial charge in [0.05, 0.1) is 25.7 Å². The van der Waals surface area contributed by atoms with Crippen LogP contribution in [-0.4, -0.2) is 47.8 Å². The molecular weight excluding hydrogens is 446 g/mol. The van der Waals surface area contributed by atoms with Crippen LogP contribution in [0.3, 0.4) is 0 Å². The Bertz CT molecular complexity index is 942. The lowest BCUT2D eigenvalue weighted by Crippen LogP contribution is -3.11. The number of aromatic nitrogens is 1. The number of hydrogen-bond acceptors (Lipinski definition) is 4. The molecule has 1 aliphatic rings. The Hall–Kier alpha value is -2.51. The highest BCUT2D eigenvalue weighted by Gasteiger charge is 2.44. The number of likely N-dealkylation sites (tertiary alicyclic amines) is 1. The van der Waals surface area contributed by atoms with Crippen LogP contribution in [0.4, 0.5) is 0 Å². The van der Waals surface area contributed by atoms with Gasteiger partial charge in [-0.25, -0.2) is 0 Å². The predicted octanol–water partition coefficient (Wildman–Crippen LogP) is 1.38. The molecule has 1 amide bonds. The molecule has 0 spiro atoms. The number of nitrogens with zero attached hydrogens (tertiary/aromatic N) is 2. The number of amides is 1. The largest absolute Gasteiger partial charge is 0.872 e. The number of ketones is 1. The highest BCUT2D eigenvalue weighted by atomic mass is 79.9. The molecule has 1 aromatic heterocycles. The van der Waals surface area contributed by atoms with E-state index in [4.69, 9.17) is 0 Å². The number of quaternary nitrogens is 1. The summed E-state index contributed by atoms with van der Waals surface area (Å²) in [5, 5.41) is 13.2. The van der Waals surface area contributed by atoms with Crippen LogP contribution in [0.15, 0.2) is 58.8 Å². The summed E-state index contributed by atoms with van der Waals surface area (Å²) in [6.45, 7) is 7.62. The van der Waals surface area contributed by atoms with E-state index in [-0.39, 0.29) is 5.57 Å². The Balaban J connectivity index is 2.01. The summed E-state index contributed by atoms with van der Waals surface area (Å²) in [5.74, 6) is -1.73. The first-order chi connectivity index (χ1) is 14.5. The quantitative estimate of drug-likeness (QED) is 0.358. The van der Waals surface area contributed by atoms with Crippen LogP contribution in [0, 0.1) is 0 Å². The van der Waals surface area contributed by atoms with Crippen LogP contribution >= 0.6 is 15.9 Å². The summed E-state index contributed by atoms with van der Waals surface area (Å²) in [4.78, 5) is 32.8. The monoisotopic (exact) mass is 471 g/mol. The van der Waals surface area contributed by atoms with Crippen molar-refractivity contribution in [1.29, 1.82) is 0 Å². The average Bonchev–Trinajstić information content (AvgIpc) is 3.02. The highest BCUT2D eigenvalue weighted by Crippen LogP contribution is 2.39. The van der Waals surface area contributed by atoms with Crippen molar-refractivity contribution in [3.63, 3.8) is 0 Å². The van der Waals surface area contributed by atoms with Crippen molar-refractivity contribution in [3.8, 4) is 0 Å². The van der Waals surface area contributed by atoms with E-state index in [9.17, 15) is 14.7 Å². The molecule has 1 N–H and O–H groups in total. The summed E-state index contributed by atoms with van der Waals surface area (Å²) in [5.41, 5.74) is 1.12. The number of carbonyl (C=O) groups excluding carboxylic acids is 2. The van der Waals surface area contributed by atoms with Crippen LogP contribution in [0.2, 0.25) is 0 Å². The maximum absolute atomic E-state index is 13.2. The molecule has 6 nitrogen and oxygen atoms in total. The molecule has 1 aromatic carbocycles. The van der Waals surface area contributed by atoms with Gasteiger partial charge in [-0.1, -0.05) is 33.8 Å². The second-order valence-electron chi connectivity index (χ2n) is 7.32. The first kappa shape index (κ1) is 22.2. The number of halogens is 1. The Morgan fingerprint density at radius 1 is 1.17 bits per heavy atom. The van der Waals surface area contributed by atoms with Gasteiger partial charge in [0, 0.05) is 35.4 Å². The molecule has 0 aliphatic carbocycles. The maximum atomic E-state index is 13.2. The number of nitrogens with one attached hydrogen (secondary N) is 1. The first-order valence-corrected chi connectivity index (χ1v) is 11.0. The zero-order valence-electron chi connectivity index (χ0n) is 17.2. The molecule has 0 radical (unpaired) electrons. The second-order valence-corrected chi connectivity index (χ2v) is 8.24. The zero-order chi connectivity index (χ0) is 21.7. The molecule has 1 atom stereocenters. The summed E-state index contributed by atoms with van der Waals surface area (Å²) in [7, 11) is 0. The third kappa shape index (κ3) is 4.63. The lowest BCUT2D eigenvalue weighted by atomic mass is 9.95. The molecule has 1 fully saturated rings. The molecule has 2 aromatic rings. The number of benzene rings is 1. The van der Waals surface area contributed by atoms with E-state index in [2.05, 4.69) is 34.8 Å². The molecule has 1 saturated heterocycles. The van der Waals surface area contributed by atoms with Crippen molar-refractivity contribution >= 4 is 33.4 Å². The van der Waals surface area contributed by atoms with E-state index in [0.29, 0.717) is 12.1 Å². The standard InChI is InChI=1S/C23H26BrN3O3/c1-3-26(4-2)13-6-14-27-20(17-7-5-8-18(24)15-17)19(22(29)23(27)30)21(28)16-9-11-25-12-10-16/h5,7-12,15,20,28H,3-4,6,13-14H2,1-2H3. The van der Waals surface area contributed by atoms with Gasteiger partial charge in [-0.15, -0.1) is 0 Å². The highest BCUT2D eigenvalue weighted by molar-refractivity contribution is 9.10. The van der Waals surface area contributed by atoms with Gasteiger partial charge in [0.25, 0.3) is 5.91 Å². The molecule has 1 unspecified atom stereocenters. The van der Waals surface area contributed by atoms with Gasteiger partial charge in [0.2, 0.25) is 5.78 Å². The molecular formula is C23H26BrN3O3. The van der Waals surface area contributed by atoms with E-state index in [1.165, 1.54) is 17.3 Å². The van der Waals surface area contributed by atoms with Crippen molar-refractivity contribution in [1.82, 2.24) is 9.88 Å². The summed E-state index contributed by atoms with van der Waals surface area (Å²) < 4.78 is 0.829. The summed E-state index contributed by atoms with van der Waals surface area (Å²) >= 11 is 3.46. The number of rotatable bonds is 8. The third-order valence-electron chi connectivity index (χ3n) is 5.57. The van der Waals surface area contributed by atoms with E-state index in [1.54, 1.807) is 17.0 Å². The minimum Gasteiger partial charge on any atom is -0.872 e. The Kier molecular flexibility index (Phi) is 7.39. The molecule has 0 bridgehead atoms. The molecule has 0 saturated carbocycles. The average molecular weight is 472 g/mol. The lowest BCUT2D eigenvalue weighted by molar-refractivity contribution is -0.896. The van der Waals surface area contributed by atoms with Crippen molar-refractivity contribution in [2.45, 2.75) is 26.3 Å². The van der Waals surface area contributed by atoms with E-state index >= 15 is 0 Å². The van der Waals surface area contributed by atoms with E-state index < -0.39 is 23.5 Å². The fraction of sp³-hybridized carbons (Fsp3) is 0.348. The molecule has 158 valence electrons. The summed E-state index contributed by atoms with van der Waals surface area (Å²) in [6, 6.07) is 9.88. The topological polar surface area (TPSA) is 77.8 Å². The third-order valence-corrected chi connectivity index (χ3v) is 6.06. The Morgan fingerprint density at radius 2 is 1.87 bits per heavy atom. The van der Waals surface area contributed by atoms with E-state index in [1.807, 2.05) is 24.3 Å². The van der Waals surface area contributed by atoms with Crippen LogP contribution in [-0.2, 0) is 9.59 Å². The summed E-state index contributed by atoms with van der Waals surface area (Å²) in [6.07, 6.45) is 3.78. The molecule has 1 aliphatic heterocycles. The van der Waals surface area contributed by atoms with Gasteiger partial charge in [0.1, 0.15) is 0 Å². The van der Waals surface area contributed by atoms with Gasteiger partial charge >= 0.3 is 0 Å². The smallest absolute Gasteiger partial charge is 0.295 e. The maximum Gasteiger partial charge on any atom is 0.295 e. The number of Topliss-reactive ketones (excluding diaryl/α,β-unsaturated/α-hetero) is 1. The number of pyridine rings is 1. The Labute approximate surface area is 185 Å². The van der Waals surface area contributed by atoms with Crippen molar-refractivity contribution in [3.05, 3.63) is 70.0 Å².